The average Bonchev–Trinajstić information content (AvgIpc) is 2.98. The Labute approximate surface area is 143 Å². The maximum absolute atomic E-state index is 12.2. The standard InChI is InChI=1S/C17H18N6O2/c1-4-10-23-13-14(22(3)17(25)19-15(13)24)18-16(23)21-20-11(2)12-8-6-5-7-9-12/h4-9H,1,10H2,2-3H3,(H,18,21)(H,19,24,25)/b20-11-. The van der Waals surface area contributed by atoms with E-state index >= 15 is 0 Å². The van der Waals surface area contributed by atoms with Crippen LogP contribution in [-0.2, 0) is 13.6 Å². The highest BCUT2D eigenvalue weighted by atomic mass is 16.2. The summed E-state index contributed by atoms with van der Waals surface area (Å²) in [6, 6.07) is 9.68. The smallest absolute Gasteiger partial charge is 0.299 e. The minimum atomic E-state index is -0.517. The number of aromatic amines is 1. The third-order valence-electron chi connectivity index (χ3n) is 3.83. The highest BCUT2D eigenvalue weighted by molar-refractivity contribution is 5.99. The lowest BCUT2D eigenvalue weighted by atomic mass is 10.1. The van der Waals surface area contributed by atoms with Crippen LogP contribution in [0.1, 0.15) is 12.5 Å². The molecule has 0 aliphatic heterocycles. The minimum absolute atomic E-state index is 0.283. The molecule has 0 radical (unpaired) electrons. The molecule has 0 bridgehead atoms. The van der Waals surface area contributed by atoms with Crippen LogP contribution < -0.4 is 16.7 Å². The second-order valence-corrected chi connectivity index (χ2v) is 5.50. The van der Waals surface area contributed by atoms with Gasteiger partial charge in [-0.2, -0.15) is 10.1 Å². The van der Waals surface area contributed by atoms with Crippen LogP contribution in [0.15, 0.2) is 57.7 Å². The molecule has 3 rings (SSSR count). The summed E-state index contributed by atoms with van der Waals surface area (Å²) in [5, 5.41) is 4.33. The number of anilines is 1. The van der Waals surface area contributed by atoms with Crippen molar-refractivity contribution in [3.63, 3.8) is 0 Å². The lowest BCUT2D eigenvalue weighted by molar-refractivity contribution is 0.819. The molecule has 0 unspecified atom stereocenters. The van der Waals surface area contributed by atoms with E-state index in [1.807, 2.05) is 37.3 Å². The van der Waals surface area contributed by atoms with Crippen LogP contribution in [0, 0.1) is 0 Å². The van der Waals surface area contributed by atoms with Crippen molar-refractivity contribution in [1.29, 1.82) is 0 Å². The van der Waals surface area contributed by atoms with Crippen LogP contribution in [-0.4, -0.2) is 24.8 Å². The number of hydrogen-bond acceptors (Lipinski definition) is 5. The molecule has 2 N–H and O–H groups in total. The molecule has 2 aromatic heterocycles. The summed E-state index contributed by atoms with van der Waals surface area (Å²) in [4.78, 5) is 30.6. The molecule has 128 valence electrons. The Kier molecular flexibility index (Phi) is 4.34. The summed E-state index contributed by atoms with van der Waals surface area (Å²) < 4.78 is 2.91. The SMILES string of the molecule is C=CCn1c(N/N=C(/C)c2ccccc2)nc2c1c(=O)[nH]c(=O)n2C. The van der Waals surface area contributed by atoms with Crippen LogP contribution in [0.4, 0.5) is 5.95 Å². The first-order valence-electron chi connectivity index (χ1n) is 7.69. The maximum atomic E-state index is 12.2. The monoisotopic (exact) mass is 338 g/mol. The van der Waals surface area contributed by atoms with E-state index in [0.717, 1.165) is 11.3 Å². The van der Waals surface area contributed by atoms with E-state index in [1.165, 1.54) is 4.57 Å². The molecule has 8 nitrogen and oxygen atoms in total. The zero-order chi connectivity index (χ0) is 18.0. The summed E-state index contributed by atoms with van der Waals surface area (Å²) in [5.74, 6) is 0.358. The van der Waals surface area contributed by atoms with Crippen molar-refractivity contribution in [2.24, 2.45) is 12.1 Å². The van der Waals surface area contributed by atoms with Gasteiger partial charge in [0.25, 0.3) is 5.56 Å². The molecule has 0 amide bonds. The number of aromatic nitrogens is 4. The number of hydrogen-bond donors (Lipinski definition) is 2. The third-order valence-corrected chi connectivity index (χ3v) is 3.83. The fourth-order valence-corrected chi connectivity index (χ4v) is 2.50. The van der Waals surface area contributed by atoms with Crippen LogP contribution in [0.5, 0.6) is 0 Å². The van der Waals surface area contributed by atoms with Crippen molar-refractivity contribution < 1.29 is 0 Å². The van der Waals surface area contributed by atoms with E-state index in [1.54, 1.807) is 17.7 Å². The number of imidazole rings is 1. The molecular formula is C17H18N6O2. The third kappa shape index (κ3) is 3.01. The van der Waals surface area contributed by atoms with Gasteiger partial charge in [-0.05, 0) is 12.5 Å². The first kappa shape index (κ1) is 16.4. The van der Waals surface area contributed by atoms with Gasteiger partial charge in [0.05, 0.1) is 5.71 Å². The zero-order valence-electron chi connectivity index (χ0n) is 14.0. The fourth-order valence-electron chi connectivity index (χ4n) is 2.50. The van der Waals surface area contributed by atoms with Crippen molar-refractivity contribution in [3.8, 4) is 0 Å². The lowest BCUT2D eigenvalue weighted by Gasteiger charge is -2.06. The lowest BCUT2D eigenvalue weighted by Crippen LogP contribution is -2.29. The number of fused-ring (bicyclic) bond motifs is 1. The van der Waals surface area contributed by atoms with Gasteiger partial charge in [0.2, 0.25) is 5.95 Å². The Morgan fingerprint density at radius 1 is 1.36 bits per heavy atom. The van der Waals surface area contributed by atoms with Gasteiger partial charge in [0.1, 0.15) is 0 Å². The van der Waals surface area contributed by atoms with Crippen molar-refractivity contribution >= 4 is 22.8 Å². The van der Waals surface area contributed by atoms with Gasteiger partial charge < -0.3 is 0 Å². The summed E-state index contributed by atoms with van der Waals surface area (Å²) in [6.07, 6.45) is 1.64. The van der Waals surface area contributed by atoms with E-state index in [9.17, 15) is 9.59 Å². The van der Waals surface area contributed by atoms with Gasteiger partial charge in [-0.1, -0.05) is 36.4 Å². The first-order chi connectivity index (χ1) is 12.0. The summed E-state index contributed by atoms with van der Waals surface area (Å²) >= 11 is 0. The van der Waals surface area contributed by atoms with Gasteiger partial charge in [0, 0.05) is 13.6 Å². The molecule has 25 heavy (non-hydrogen) atoms. The number of allylic oxidation sites excluding steroid dienone is 1. The maximum Gasteiger partial charge on any atom is 0.329 e. The van der Waals surface area contributed by atoms with Crippen molar-refractivity contribution in [2.45, 2.75) is 13.5 Å². The average molecular weight is 338 g/mol. The second kappa shape index (κ2) is 6.60. The van der Waals surface area contributed by atoms with Gasteiger partial charge in [0.15, 0.2) is 11.2 Å². The topological polar surface area (TPSA) is 97.1 Å². The quantitative estimate of drug-likeness (QED) is 0.418. The molecule has 0 saturated carbocycles. The van der Waals surface area contributed by atoms with Crippen LogP contribution in [0.3, 0.4) is 0 Å². The van der Waals surface area contributed by atoms with Crippen LogP contribution >= 0.6 is 0 Å². The Hall–Kier alpha value is -3.42. The van der Waals surface area contributed by atoms with Crippen LogP contribution in [0.2, 0.25) is 0 Å². The van der Waals surface area contributed by atoms with E-state index < -0.39 is 11.2 Å². The molecule has 0 aliphatic rings. The van der Waals surface area contributed by atoms with Gasteiger partial charge >= 0.3 is 5.69 Å². The fraction of sp³-hybridized carbons (Fsp3) is 0.176. The molecule has 0 spiro atoms. The van der Waals surface area contributed by atoms with E-state index in [0.29, 0.717) is 12.5 Å². The number of aryl methyl sites for hydroxylation is 1. The predicted octanol–water partition coefficient (Wildman–Crippen LogP) is 1.45. The molecule has 1 aromatic carbocycles. The molecule has 3 aromatic rings. The van der Waals surface area contributed by atoms with Crippen molar-refractivity contribution in [1.82, 2.24) is 19.1 Å². The normalized spacial score (nSPS) is 11.7. The number of nitrogens with zero attached hydrogens (tertiary/aromatic N) is 4. The van der Waals surface area contributed by atoms with Crippen LogP contribution in [0.25, 0.3) is 11.2 Å². The largest absolute Gasteiger partial charge is 0.329 e. The van der Waals surface area contributed by atoms with Gasteiger partial charge in [-0.25, -0.2) is 10.2 Å². The Morgan fingerprint density at radius 3 is 2.76 bits per heavy atom. The molecule has 0 aliphatic carbocycles. The molecular weight excluding hydrogens is 320 g/mol. The zero-order valence-corrected chi connectivity index (χ0v) is 14.0. The Bertz CT molecular complexity index is 1070. The number of nitrogens with one attached hydrogen (secondary N) is 2. The summed E-state index contributed by atoms with van der Waals surface area (Å²) in [6.45, 7) is 5.92. The Morgan fingerprint density at radius 2 is 2.08 bits per heavy atom. The Balaban J connectivity index is 2.10. The second-order valence-electron chi connectivity index (χ2n) is 5.50. The summed E-state index contributed by atoms with van der Waals surface area (Å²) in [7, 11) is 1.55. The van der Waals surface area contributed by atoms with Crippen molar-refractivity contribution in [3.05, 3.63) is 69.4 Å². The van der Waals surface area contributed by atoms with E-state index in [2.05, 4.69) is 27.1 Å². The number of rotatable bonds is 5. The van der Waals surface area contributed by atoms with E-state index in [-0.39, 0.29) is 11.2 Å². The highest BCUT2D eigenvalue weighted by Gasteiger charge is 2.16. The number of hydrazone groups is 1. The number of H-pyrrole nitrogens is 1. The van der Waals surface area contributed by atoms with E-state index in [4.69, 9.17) is 0 Å². The predicted molar refractivity (Wildman–Crippen MR) is 98.1 cm³/mol. The van der Waals surface area contributed by atoms with Crippen molar-refractivity contribution in [2.75, 3.05) is 5.43 Å². The van der Waals surface area contributed by atoms with Gasteiger partial charge in [-0.15, -0.1) is 6.58 Å². The molecule has 2 heterocycles. The minimum Gasteiger partial charge on any atom is -0.299 e. The van der Waals surface area contributed by atoms with Gasteiger partial charge in [-0.3, -0.25) is 18.9 Å². The molecule has 8 heteroatoms. The number of benzene rings is 1. The summed E-state index contributed by atoms with van der Waals surface area (Å²) in [5.41, 5.74) is 4.17. The molecule has 0 atom stereocenters. The molecule has 0 fully saturated rings. The first-order valence-corrected chi connectivity index (χ1v) is 7.69. The highest BCUT2D eigenvalue weighted by Crippen LogP contribution is 2.15. The molecule has 0 saturated heterocycles.